The molecule has 0 aromatic rings. The Labute approximate surface area is 122 Å². The van der Waals surface area contributed by atoms with Crippen molar-refractivity contribution in [2.75, 3.05) is 19.5 Å². The first-order valence-electron chi connectivity index (χ1n) is 4.10. The van der Waals surface area contributed by atoms with E-state index in [9.17, 15) is 21.7 Å². The SMILES string of the molecule is F[B-](F)(F)CN1CCC(F)(F)CC1.[K+]. The summed E-state index contributed by atoms with van der Waals surface area (Å²) in [6.45, 7) is -5.20. The van der Waals surface area contributed by atoms with Gasteiger partial charge in [-0.05, 0) is 6.44 Å². The molecule has 0 N–H and O–H groups in total. The van der Waals surface area contributed by atoms with Gasteiger partial charge >= 0.3 is 58.4 Å². The molecule has 1 aliphatic heterocycles. The number of hydrogen-bond donors (Lipinski definition) is 0. The van der Waals surface area contributed by atoms with E-state index in [1.54, 1.807) is 0 Å². The van der Waals surface area contributed by atoms with Crippen LogP contribution in [0.5, 0.6) is 0 Å². The summed E-state index contributed by atoms with van der Waals surface area (Å²) >= 11 is 0. The molecule has 0 amide bonds. The fraction of sp³-hybridized carbons (Fsp3) is 1.00. The van der Waals surface area contributed by atoms with Crippen molar-refractivity contribution in [1.29, 1.82) is 0 Å². The number of halogens is 5. The van der Waals surface area contributed by atoms with Crippen molar-refractivity contribution in [2.24, 2.45) is 0 Å². The van der Waals surface area contributed by atoms with Gasteiger partial charge in [-0.3, -0.25) is 0 Å². The summed E-state index contributed by atoms with van der Waals surface area (Å²) in [5, 5.41) is 0. The quantitative estimate of drug-likeness (QED) is 0.447. The molecule has 0 aromatic carbocycles. The zero-order chi connectivity index (χ0) is 10.1. The van der Waals surface area contributed by atoms with Gasteiger partial charge in [0.1, 0.15) is 0 Å². The molecule has 0 saturated carbocycles. The first kappa shape index (κ1) is 15.3. The minimum atomic E-state index is -4.88. The average molecular weight is 241 g/mol. The minimum Gasteiger partial charge on any atom is -0.448 e. The molecular formula is C6H10BF5KN. The second kappa shape index (κ2) is 5.58. The molecular weight excluding hydrogens is 231 g/mol. The van der Waals surface area contributed by atoms with Gasteiger partial charge in [0, 0.05) is 25.9 Å². The third kappa shape index (κ3) is 6.02. The smallest absolute Gasteiger partial charge is 0.448 e. The van der Waals surface area contributed by atoms with Crippen LogP contribution in [0.2, 0.25) is 0 Å². The summed E-state index contributed by atoms with van der Waals surface area (Å²) in [6, 6.07) is 0. The molecule has 0 spiro atoms. The molecule has 8 heteroatoms. The predicted octanol–water partition coefficient (Wildman–Crippen LogP) is -0.892. The molecule has 1 heterocycles. The molecule has 0 aromatic heterocycles. The van der Waals surface area contributed by atoms with Gasteiger partial charge in [0.2, 0.25) is 0 Å². The Morgan fingerprint density at radius 3 is 1.86 bits per heavy atom. The van der Waals surface area contributed by atoms with E-state index in [0.717, 1.165) is 4.90 Å². The first-order chi connectivity index (χ1) is 5.79. The van der Waals surface area contributed by atoms with Gasteiger partial charge in [-0.1, -0.05) is 0 Å². The van der Waals surface area contributed by atoms with Crippen LogP contribution >= 0.6 is 0 Å². The van der Waals surface area contributed by atoms with Gasteiger partial charge in [-0.25, -0.2) is 8.78 Å². The normalized spacial score (nSPS) is 22.9. The van der Waals surface area contributed by atoms with Crippen LogP contribution in [-0.2, 0) is 0 Å². The van der Waals surface area contributed by atoms with Gasteiger partial charge in [-0.2, -0.15) is 0 Å². The van der Waals surface area contributed by atoms with E-state index in [-0.39, 0.29) is 64.5 Å². The summed E-state index contributed by atoms with van der Waals surface area (Å²) in [7, 11) is 0. The third-order valence-corrected chi connectivity index (χ3v) is 2.05. The Morgan fingerprint density at radius 2 is 1.50 bits per heavy atom. The van der Waals surface area contributed by atoms with E-state index >= 15 is 0 Å². The van der Waals surface area contributed by atoms with E-state index in [1.165, 1.54) is 0 Å². The van der Waals surface area contributed by atoms with Crippen molar-refractivity contribution >= 4 is 6.98 Å². The van der Waals surface area contributed by atoms with Crippen molar-refractivity contribution < 1.29 is 73.1 Å². The maximum absolute atomic E-state index is 12.5. The zero-order valence-electron chi connectivity index (χ0n) is 7.95. The minimum absolute atomic E-state index is 0. The number of hydrogen-bond acceptors (Lipinski definition) is 1. The fourth-order valence-electron chi connectivity index (χ4n) is 1.36. The Kier molecular flexibility index (Phi) is 6.11. The summed E-state index contributed by atoms with van der Waals surface area (Å²) in [5.41, 5.74) is 0. The molecule has 14 heavy (non-hydrogen) atoms. The summed E-state index contributed by atoms with van der Waals surface area (Å²) in [5.74, 6) is -2.77. The Morgan fingerprint density at radius 1 is 1.07 bits per heavy atom. The summed E-state index contributed by atoms with van der Waals surface area (Å²) in [6.07, 6.45) is -1.94. The maximum atomic E-state index is 12.5. The third-order valence-electron chi connectivity index (χ3n) is 2.05. The molecule has 1 rings (SSSR count). The van der Waals surface area contributed by atoms with Crippen LogP contribution in [0.15, 0.2) is 0 Å². The molecule has 1 saturated heterocycles. The number of rotatable bonds is 2. The van der Waals surface area contributed by atoms with E-state index in [1.807, 2.05) is 0 Å². The van der Waals surface area contributed by atoms with Gasteiger partial charge < -0.3 is 17.8 Å². The van der Waals surface area contributed by atoms with Gasteiger partial charge in [0.25, 0.3) is 5.92 Å². The van der Waals surface area contributed by atoms with Crippen molar-refractivity contribution in [2.45, 2.75) is 18.8 Å². The van der Waals surface area contributed by atoms with E-state index < -0.39 is 32.2 Å². The van der Waals surface area contributed by atoms with Crippen LogP contribution in [0.1, 0.15) is 12.8 Å². The topological polar surface area (TPSA) is 3.24 Å². The molecule has 0 radical (unpaired) electrons. The molecule has 0 atom stereocenters. The van der Waals surface area contributed by atoms with E-state index in [4.69, 9.17) is 0 Å². The van der Waals surface area contributed by atoms with Crippen LogP contribution in [0.4, 0.5) is 21.7 Å². The second-order valence-corrected chi connectivity index (χ2v) is 3.37. The fourth-order valence-corrected chi connectivity index (χ4v) is 1.36. The largest absolute Gasteiger partial charge is 1.00 e. The van der Waals surface area contributed by atoms with Crippen LogP contribution in [0.25, 0.3) is 0 Å². The Bertz CT molecular complexity index is 176. The number of likely N-dealkylation sites (tertiary alicyclic amines) is 1. The van der Waals surface area contributed by atoms with Crippen LogP contribution in [-0.4, -0.2) is 37.3 Å². The second-order valence-electron chi connectivity index (χ2n) is 3.37. The molecule has 0 aliphatic carbocycles. The van der Waals surface area contributed by atoms with E-state index in [2.05, 4.69) is 0 Å². The van der Waals surface area contributed by atoms with Gasteiger partial charge in [0.05, 0.1) is 0 Å². The molecule has 0 unspecified atom stereocenters. The number of nitrogens with zero attached hydrogens (tertiary/aromatic N) is 1. The van der Waals surface area contributed by atoms with Crippen LogP contribution in [0, 0.1) is 0 Å². The molecule has 1 fully saturated rings. The average Bonchev–Trinajstić information content (AvgIpc) is 1.91. The van der Waals surface area contributed by atoms with E-state index in [0.29, 0.717) is 0 Å². The Hall–Kier alpha value is 1.31. The molecule has 1 aliphatic rings. The molecule has 1 nitrogen and oxygen atoms in total. The zero-order valence-corrected chi connectivity index (χ0v) is 11.1. The monoisotopic (exact) mass is 241 g/mol. The van der Waals surface area contributed by atoms with Crippen molar-refractivity contribution in [3.63, 3.8) is 0 Å². The van der Waals surface area contributed by atoms with Crippen LogP contribution < -0.4 is 51.4 Å². The number of piperidine rings is 1. The van der Waals surface area contributed by atoms with Crippen molar-refractivity contribution in [3.8, 4) is 0 Å². The molecule has 0 bridgehead atoms. The van der Waals surface area contributed by atoms with Crippen molar-refractivity contribution in [1.82, 2.24) is 4.90 Å². The molecule has 78 valence electrons. The van der Waals surface area contributed by atoms with Crippen LogP contribution in [0.3, 0.4) is 0 Å². The van der Waals surface area contributed by atoms with Gasteiger partial charge in [-0.15, -0.1) is 0 Å². The first-order valence-corrected chi connectivity index (χ1v) is 4.10. The summed E-state index contributed by atoms with van der Waals surface area (Å²) < 4.78 is 60.6. The predicted molar refractivity (Wildman–Crippen MR) is 39.7 cm³/mol. The maximum Gasteiger partial charge on any atom is 1.00 e. The summed E-state index contributed by atoms with van der Waals surface area (Å²) in [4.78, 5) is 1.04. The van der Waals surface area contributed by atoms with Crippen molar-refractivity contribution in [3.05, 3.63) is 0 Å². The standard InChI is InChI=1S/C6H10BF5N.K/c8-6(9)1-3-13(4-2-6)5-7(10,11)12;/h1-5H2;/q-1;+1. The Balaban J connectivity index is 0.00000169. The van der Waals surface area contributed by atoms with Gasteiger partial charge in [0.15, 0.2) is 0 Å². The number of alkyl halides is 2.